The maximum Gasteiger partial charge on any atom is 0.117 e. The molecule has 0 radical (unpaired) electrons. The third-order valence-corrected chi connectivity index (χ3v) is 5.59. The number of fused-ring (bicyclic) bond motifs is 1. The lowest BCUT2D eigenvalue weighted by Crippen LogP contribution is -2.08. The van der Waals surface area contributed by atoms with Crippen LogP contribution in [0.25, 0.3) is 17.1 Å². The Morgan fingerprint density at radius 3 is 2.27 bits per heavy atom. The third-order valence-electron chi connectivity index (χ3n) is 5.59. The molecule has 0 saturated heterocycles. The fourth-order valence-corrected chi connectivity index (χ4v) is 4.04. The molecule has 2 heteroatoms. The van der Waals surface area contributed by atoms with Gasteiger partial charge in [0.25, 0.3) is 0 Å². The number of para-hydroxylation sites is 2. The van der Waals surface area contributed by atoms with E-state index < -0.39 is 0 Å². The number of imidazole rings is 1. The first kappa shape index (κ1) is 20.2. The maximum absolute atomic E-state index is 5.01. The Balaban J connectivity index is 1.64. The van der Waals surface area contributed by atoms with E-state index in [1.807, 2.05) is 6.07 Å². The second-order valence-corrected chi connectivity index (χ2v) is 8.44. The summed E-state index contributed by atoms with van der Waals surface area (Å²) < 4.78 is 2.35. The Kier molecular flexibility index (Phi) is 6.13. The molecule has 0 aliphatic rings. The van der Waals surface area contributed by atoms with Gasteiger partial charge in [-0.3, -0.25) is 0 Å². The smallest absolute Gasteiger partial charge is 0.117 e. The summed E-state index contributed by atoms with van der Waals surface area (Å²) in [5.74, 6) is 2.02. The molecular weight excluding hydrogens is 364 g/mol. The van der Waals surface area contributed by atoms with Gasteiger partial charge in [-0.05, 0) is 41.2 Å². The standard InChI is InChI=1S/C28H30N2/c1-21(2)20-24-15-17-25(18-16-24)22(3)28-29-26-13-7-8-14-27(26)30(28)19-9-12-23-10-5-4-6-11-23/h4-18,21-22H,19-20H2,1-3H3/b12-9+/t22-/m0/s1. The lowest BCUT2D eigenvalue weighted by atomic mass is 9.96. The molecule has 2 nitrogen and oxygen atoms in total. The summed E-state index contributed by atoms with van der Waals surface area (Å²) in [5.41, 5.74) is 6.18. The average Bonchev–Trinajstić information content (AvgIpc) is 3.13. The van der Waals surface area contributed by atoms with Gasteiger partial charge in [0, 0.05) is 12.5 Å². The molecule has 0 bridgehead atoms. The summed E-state index contributed by atoms with van der Waals surface area (Å²) in [6, 6.07) is 28.0. The lowest BCUT2D eigenvalue weighted by molar-refractivity contribution is 0.646. The van der Waals surface area contributed by atoms with Crippen LogP contribution < -0.4 is 0 Å². The molecule has 1 heterocycles. The molecule has 152 valence electrons. The van der Waals surface area contributed by atoms with Gasteiger partial charge in [-0.15, -0.1) is 0 Å². The van der Waals surface area contributed by atoms with E-state index in [-0.39, 0.29) is 5.92 Å². The largest absolute Gasteiger partial charge is 0.324 e. The number of nitrogens with zero attached hydrogens (tertiary/aromatic N) is 2. The molecule has 0 spiro atoms. The molecule has 0 amide bonds. The predicted octanol–water partition coefficient (Wildman–Crippen LogP) is 7.10. The van der Waals surface area contributed by atoms with Crippen molar-refractivity contribution >= 4 is 17.1 Å². The normalized spacial score (nSPS) is 12.8. The molecule has 0 unspecified atom stereocenters. The SMILES string of the molecule is CC(C)Cc1ccc([C@H](C)c2nc3ccccc3n2C/C=C/c2ccccc2)cc1. The van der Waals surface area contributed by atoms with Crippen LogP contribution in [-0.4, -0.2) is 9.55 Å². The minimum atomic E-state index is 0.232. The molecule has 3 aromatic carbocycles. The van der Waals surface area contributed by atoms with Crippen LogP contribution in [0.15, 0.2) is 84.9 Å². The molecule has 0 saturated carbocycles. The van der Waals surface area contributed by atoms with E-state index in [4.69, 9.17) is 4.98 Å². The Hall–Kier alpha value is -3.13. The Morgan fingerprint density at radius 2 is 1.53 bits per heavy atom. The molecule has 0 aliphatic heterocycles. The van der Waals surface area contributed by atoms with Crippen LogP contribution in [-0.2, 0) is 13.0 Å². The lowest BCUT2D eigenvalue weighted by Gasteiger charge is -2.15. The number of rotatable bonds is 7. The zero-order chi connectivity index (χ0) is 20.9. The first-order valence-electron chi connectivity index (χ1n) is 10.9. The highest BCUT2D eigenvalue weighted by atomic mass is 15.1. The van der Waals surface area contributed by atoms with Crippen molar-refractivity contribution in [3.63, 3.8) is 0 Å². The highest BCUT2D eigenvalue weighted by Crippen LogP contribution is 2.28. The van der Waals surface area contributed by atoms with Crippen molar-refractivity contribution in [2.75, 3.05) is 0 Å². The second-order valence-electron chi connectivity index (χ2n) is 8.44. The van der Waals surface area contributed by atoms with Crippen LogP contribution in [0.4, 0.5) is 0 Å². The van der Waals surface area contributed by atoms with Crippen LogP contribution >= 0.6 is 0 Å². The van der Waals surface area contributed by atoms with E-state index in [2.05, 4.69) is 110 Å². The first-order chi connectivity index (χ1) is 14.6. The summed E-state index contributed by atoms with van der Waals surface area (Å²) in [7, 11) is 0. The monoisotopic (exact) mass is 394 g/mol. The Labute approximate surface area is 179 Å². The average molecular weight is 395 g/mol. The fourth-order valence-electron chi connectivity index (χ4n) is 4.04. The molecule has 1 atom stereocenters. The highest BCUT2D eigenvalue weighted by molar-refractivity contribution is 5.76. The van der Waals surface area contributed by atoms with Gasteiger partial charge in [0.2, 0.25) is 0 Å². The first-order valence-corrected chi connectivity index (χ1v) is 10.9. The van der Waals surface area contributed by atoms with E-state index in [0.29, 0.717) is 5.92 Å². The van der Waals surface area contributed by atoms with Gasteiger partial charge in [-0.2, -0.15) is 0 Å². The van der Waals surface area contributed by atoms with Gasteiger partial charge in [0.15, 0.2) is 0 Å². The van der Waals surface area contributed by atoms with Crippen molar-refractivity contribution in [2.24, 2.45) is 5.92 Å². The molecule has 1 aromatic heterocycles. The number of hydrogen-bond acceptors (Lipinski definition) is 1. The van der Waals surface area contributed by atoms with Gasteiger partial charge in [0.05, 0.1) is 11.0 Å². The van der Waals surface area contributed by atoms with E-state index in [9.17, 15) is 0 Å². The molecule has 4 aromatic rings. The summed E-state index contributed by atoms with van der Waals surface area (Å²) in [6.07, 6.45) is 5.53. The molecule has 0 aliphatic carbocycles. The number of hydrogen-bond donors (Lipinski definition) is 0. The van der Waals surface area contributed by atoms with E-state index in [1.165, 1.54) is 22.2 Å². The minimum Gasteiger partial charge on any atom is -0.324 e. The fraction of sp³-hybridized carbons (Fsp3) is 0.250. The molecule has 30 heavy (non-hydrogen) atoms. The van der Waals surface area contributed by atoms with Crippen molar-refractivity contribution in [3.8, 4) is 0 Å². The quantitative estimate of drug-likeness (QED) is 0.327. The summed E-state index contributed by atoms with van der Waals surface area (Å²) in [6.45, 7) is 7.60. The van der Waals surface area contributed by atoms with Gasteiger partial charge in [-0.1, -0.05) is 99.7 Å². The van der Waals surface area contributed by atoms with Crippen molar-refractivity contribution in [1.82, 2.24) is 9.55 Å². The van der Waals surface area contributed by atoms with Crippen LogP contribution in [0.3, 0.4) is 0 Å². The van der Waals surface area contributed by atoms with Crippen LogP contribution in [0.2, 0.25) is 0 Å². The maximum atomic E-state index is 5.01. The zero-order valence-electron chi connectivity index (χ0n) is 18.1. The minimum absolute atomic E-state index is 0.232. The number of benzene rings is 3. The van der Waals surface area contributed by atoms with Gasteiger partial charge in [-0.25, -0.2) is 4.98 Å². The Bertz CT molecular complexity index is 1120. The zero-order valence-corrected chi connectivity index (χ0v) is 18.1. The number of aromatic nitrogens is 2. The van der Waals surface area contributed by atoms with Crippen molar-refractivity contribution in [2.45, 2.75) is 39.7 Å². The van der Waals surface area contributed by atoms with Gasteiger partial charge in [0.1, 0.15) is 5.82 Å². The summed E-state index contributed by atoms with van der Waals surface area (Å²) in [5, 5.41) is 0. The van der Waals surface area contributed by atoms with E-state index in [1.54, 1.807) is 0 Å². The van der Waals surface area contributed by atoms with Crippen LogP contribution in [0.1, 0.15) is 49.2 Å². The van der Waals surface area contributed by atoms with Crippen molar-refractivity contribution in [3.05, 3.63) is 107 Å². The van der Waals surface area contributed by atoms with E-state index in [0.717, 1.165) is 24.3 Å². The van der Waals surface area contributed by atoms with Crippen LogP contribution in [0, 0.1) is 5.92 Å². The van der Waals surface area contributed by atoms with Gasteiger partial charge < -0.3 is 4.57 Å². The molecule has 0 N–H and O–H groups in total. The summed E-state index contributed by atoms with van der Waals surface area (Å²) >= 11 is 0. The van der Waals surface area contributed by atoms with Crippen molar-refractivity contribution in [1.29, 1.82) is 0 Å². The Morgan fingerprint density at radius 1 is 0.833 bits per heavy atom. The second kappa shape index (κ2) is 9.13. The highest BCUT2D eigenvalue weighted by Gasteiger charge is 2.17. The van der Waals surface area contributed by atoms with Crippen molar-refractivity contribution < 1.29 is 0 Å². The molecule has 4 rings (SSSR count). The van der Waals surface area contributed by atoms with Crippen LogP contribution in [0.5, 0.6) is 0 Å². The van der Waals surface area contributed by atoms with Gasteiger partial charge >= 0.3 is 0 Å². The summed E-state index contributed by atoms with van der Waals surface area (Å²) in [4.78, 5) is 5.01. The topological polar surface area (TPSA) is 17.8 Å². The van der Waals surface area contributed by atoms with E-state index >= 15 is 0 Å². The molecular formula is C28H30N2. The number of allylic oxidation sites excluding steroid dienone is 1. The predicted molar refractivity (Wildman–Crippen MR) is 128 cm³/mol. The third kappa shape index (κ3) is 4.54. The molecule has 0 fully saturated rings.